The van der Waals surface area contributed by atoms with Crippen molar-refractivity contribution in [3.8, 4) is 21.0 Å². The fraction of sp³-hybridized carbons (Fsp3) is 0. The van der Waals surface area contributed by atoms with Crippen molar-refractivity contribution in [2.24, 2.45) is 0 Å². The van der Waals surface area contributed by atoms with Gasteiger partial charge in [-0.05, 0) is 23.1 Å². The van der Waals surface area contributed by atoms with Crippen LogP contribution in [0.2, 0.25) is 0 Å². The quantitative estimate of drug-likeness (QED) is 0.462. The highest BCUT2D eigenvalue weighted by molar-refractivity contribution is 7.25. The van der Waals surface area contributed by atoms with Gasteiger partial charge >= 0.3 is 0 Å². The first-order chi connectivity index (χ1) is 9.92. The van der Waals surface area contributed by atoms with Gasteiger partial charge in [-0.3, -0.25) is 0 Å². The Bertz CT molecular complexity index is 845. The molecule has 1 nitrogen and oxygen atoms in total. The van der Waals surface area contributed by atoms with Gasteiger partial charge in [0.15, 0.2) is 0 Å². The Balaban J connectivity index is 1.95. The molecule has 0 N–H and O–H groups in total. The number of para-hydroxylation sites is 1. The monoisotopic (exact) mass is 293 g/mol. The fourth-order valence-electron chi connectivity index (χ4n) is 2.30. The van der Waals surface area contributed by atoms with E-state index >= 15 is 0 Å². The van der Waals surface area contributed by atoms with Crippen molar-refractivity contribution in [1.82, 2.24) is 4.98 Å². The van der Waals surface area contributed by atoms with Crippen LogP contribution in [0.1, 0.15) is 0 Å². The third-order valence-corrected chi connectivity index (χ3v) is 5.30. The zero-order valence-corrected chi connectivity index (χ0v) is 12.2. The van der Waals surface area contributed by atoms with Crippen LogP contribution in [0.3, 0.4) is 0 Å². The first-order valence-electron chi connectivity index (χ1n) is 6.41. The second kappa shape index (κ2) is 4.85. The molecule has 0 aliphatic rings. The number of nitrogens with zero attached hydrogens (tertiary/aromatic N) is 1. The first-order valence-corrected chi connectivity index (χ1v) is 8.10. The Morgan fingerprint density at radius 1 is 0.800 bits per heavy atom. The van der Waals surface area contributed by atoms with Crippen LogP contribution in [0.5, 0.6) is 0 Å². The molecule has 0 radical (unpaired) electrons. The van der Waals surface area contributed by atoms with Crippen LogP contribution in [0, 0.1) is 0 Å². The molecule has 0 amide bonds. The van der Waals surface area contributed by atoms with Gasteiger partial charge in [0.25, 0.3) is 0 Å². The first kappa shape index (κ1) is 11.8. The van der Waals surface area contributed by atoms with Gasteiger partial charge in [-0.15, -0.1) is 22.7 Å². The molecule has 96 valence electrons. The molecule has 4 aromatic rings. The van der Waals surface area contributed by atoms with Gasteiger partial charge < -0.3 is 0 Å². The maximum Gasteiger partial charge on any atom is 0.134 e. The van der Waals surface area contributed by atoms with Gasteiger partial charge in [0.2, 0.25) is 0 Å². The second-order valence-electron chi connectivity index (χ2n) is 4.51. The molecule has 3 heteroatoms. The van der Waals surface area contributed by atoms with E-state index in [0.717, 1.165) is 10.5 Å². The average Bonchev–Trinajstić information content (AvgIpc) is 3.16. The van der Waals surface area contributed by atoms with E-state index in [9.17, 15) is 0 Å². The number of fused-ring (bicyclic) bond motifs is 1. The molecule has 2 aromatic carbocycles. The molecule has 0 atom stereocenters. The molecule has 20 heavy (non-hydrogen) atoms. The number of benzene rings is 2. The fourth-order valence-corrected chi connectivity index (χ4v) is 4.09. The van der Waals surface area contributed by atoms with Gasteiger partial charge in [0, 0.05) is 5.56 Å². The summed E-state index contributed by atoms with van der Waals surface area (Å²) in [6.07, 6.45) is 0. The molecule has 0 saturated carbocycles. The number of thiazole rings is 1. The Hall–Kier alpha value is -1.97. The molecular weight excluding hydrogens is 282 g/mol. The number of thiophene rings is 1. The van der Waals surface area contributed by atoms with Crippen LogP contribution in [0.4, 0.5) is 0 Å². The lowest BCUT2D eigenvalue weighted by atomic mass is 10.1. The van der Waals surface area contributed by atoms with E-state index in [0.29, 0.717) is 0 Å². The summed E-state index contributed by atoms with van der Waals surface area (Å²) < 4.78 is 1.25. The Morgan fingerprint density at radius 2 is 1.70 bits per heavy atom. The predicted octanol–water partition coefficient (Wildman–Crippen LogP) is 5.69. The predicted molar refractivity (Wildman–Crippen MR) is 88.4 cm³/mol. The van der Waals surface area contributed by atoms with Crippen LogP contribution in [-0.2, 0) is 0 Å². The molecule has 0 spiro atoms. The number of hydrogen-bond donors (Lipinski definition) is 0. The normalized spacial score (nSPS) is 11.0. The van der Waals surface area contributed by atoms with E-state index in [1.807, 2.05) is 6.07 Å². The van der Waals surface area contributed by atoms with Crippen LogP contribution in [0.15, 0.2) is 66.0 Å². The average molecular weight is 293 g/mol. The molecule has 2 heterocycles. The van der Waals surface area contributed by atoms with Crippen molar-refractivity contribution in [3.63, 3.8) is 0 Å². The van der Waals surface area contributed by atoms with Crippen LogP contribution < -0.4 is 0 Å². The number of rotatable bonds is 2. The largest absolute Gasteiger partial charge is 0.235 e. The van der Waals surface area contributed by atoms with Gasteiger partial charge in [-0.2, -0.15) is 0 Å². The summed E-state index contributed by atoms with van der Waals surface area (Å²) in [4.78, 5) is 6.10. The topological polar surface area (TPSA) is 12.9 Å². The van der Waals surface area contributed by atoms with Gasteiger partial charge in [-0.25, -0.2) is 4.98 Å². The van der Waals surface area contributed by atoms with Gasteiger partial charge in [0.05, 0.1) is 15.1 Å². The van der Waals surface area contributed by atoms with Gasteiger partial charge in [-0.1, -0.05) is 48.5 Å². The van der Waals surface area contributed by atoms with E-state index in [4.69, 9.17) is 4.98 Å². The van der Waals surface area contributed by atoms with Crippen molar-refractivity contribution < 1.29 is 0 Å². The molecule has 0 bridgehead atoms. The SMILES string of the molecule is c1ccc(-c2cccc3sc(-c4cccs4)nc23)cc1. The van der Waals surface area contributed by atoms with E-state index < -0.39 is 0 Å². The lowest BCUT2D eigenvalue weighted by molar-refractivity contribution is 1.49. The molecule has 0 saturated heterocycles. The lowest BCUT2D eigenvalue weighted by Gasteiger charge is -2.01. The van der Waals surface area contributed by atoms with Crippen molar-refractivity contribution in [2.45, 2.75) is 0 Å². The Kier molecular flexibility index (Phi) is 2.87. The summed E-state index contributed by atoms with van der Waals surface area (Å²) in [5.41, 5.74) is 3.54. The molecule has 2 aromatic heterocycles. The minimum Gasteiger partial charge on any atom is -0.235 e. The second-order valence-corrected chi connectivity index (χ2v) is 6.49. The van der Waals surface area contributed by atoms with Crippen molar-refractivity contribution in [1.29, 1.82) is 0 Å². The van der Waals surface area contributed by atoms with E-state index in [1.165, 1.54) is 20.7 Å². The zero-order chi connectivity index (χ0) is 13.4. The lowest BCUT2D eigenvalue weighted by Crippen LogP contribution is -1.79. The van der Waals surface area contributed by atoms with Crippen molar-refractivity contribution in [3.05, 3.63) is 66.0 Å². The van der Waals surface area contributed by atoms with Crippen LogP contribution in [-0.4, -0.2) is 4.98 Å². The van der Waals surface area contributed by atoms with E-state index in [2.05, 4.69) is 60.0 Å². The molecular formula is C17H11NS2. The third kappa shape index (κ3) is 1.96. The van der Waals surface area contributed by atoms with Crippen LogP contribution in [0.25, 0.3) is 31.2 Å². The summed E-state index contributed by atoms with van der Waals surface area (Å²) in [6.45, 7) is 0. The van der Waals surface area contributed by atoms with Crippen molar-refractivity contribution >= 4 is 32.9 Å². The summed E-state index contributed by atoms with van der Waals surface area (Å²) in [5, 5.41) is 3.21. The van der Waals surface area contributed by atoms with Gasteiger partial charge in [0.1, 0.15) is 5.01 Å². The smallest absolute Gasteiger partial charge is 0.134 e. The summed E-state index contributed by atoms with van der Waals surface area (Å²) in [7, 11) is 0. The highest BCUT2D eigenvalue weighted by Gasteiger charge is 2.11. The Labute approximate surface area is 125 Å². The van der Waals surface area contributed by atoms with E-state index in [1.54, 1.807) is 22.7 Å². The van der Waals surface area contributed by atoms with Crippen LogP contribution >= 0.6 is 22.7 Å². The minimum atomic E-state index is 1.10. The molecule has 0 aliphatic carbocycles. The maximum atomic E-state index is 4.86. The summed E-state index contributed by atoms with van der Waals surface area (Å²) >= 11 is 3.50. The molecule has 4 rings (SSSR count). The molecule has 0 aliphatic heterocycles. The number of aromatic nitrogens is 1. The highest BCUT2D eigenvalue weighted by Crippen LogP contribution is 2.36. The highest BCUT2D eigenvalue weighted by atomic mass is 32.1. The number of hydrogen-bond acceptors (Lipinski definition) is 3. The van der Waals surface area contributed by atoms with Crippen molar-refractivity contribution in [2.75, 3.05) is 0 Å². The molecule has 0 unspecified atom stereocenters. The Morgan fingerprint density at radius 3 is 2.50 bits per heavy atom. The standard InChI is InChI=1S/C17H11NS2/c1-2-6-12(7-3-1)13-8-4-9-14-16(13)18-17(20-14)15-10-5-11-19-15/h1-11H. The maximum absolute atomic E-state index is 4.86. The van der Waals surface area contributed by atoms with E-state index in [-0.39, 0.29) is 0 Å². The third-order valence-electron chi connectivity index (χ3n) is 3.24. The molecule has 0 fully saturated rings. The minimum absolute atomic E-state index is 1.10. The zero-order valence-electron chi connectivity index (χ0n) is 10.6. The summed E-state index contributed by atoms with van der Waals surface area (Å²) in [5.74, 6) is 0. The summed E-state index contributed by atoms with van der Waals surface area (Å²) in [6, 6.07) is 21.1.